The van der Waals surface area contributed by atoms with Gasteiger partial charge in [0.2, 0.25) is 0 Å². The summed E-state index contributed by atoms with van der Waals surface area (Å²) in [6.45, 7) is 12.2. The van der Waals surface area contributed by atoms with Gasteiger partial charge in [0.25, 0.3) is 5.69 Å². The molecule has 0 aliphatic rings. The van der Waals surface area contributed by atoms with E-state index in [4.69, 9.17) is 0 Å². The van der Waals surface area contributed by atoms with Crippen LogP contribution in [0, 0.1) is 10.1 Å². The molecule has 0 N–H and O–H groups in total. The number of nitro benzene ring substituents is 1. The third-order valence-electron chi connectivity index (χ3n) is 3.72. The Morgan fingerprint density at radius 1 is 1.21 bits per heavy atom. The summed E-state index contributed by atoms with van der Waals surface area (Å²) >= 11 is 0. The van der Waals surface area contributed by atoms with Crippen molar-refractivity contribution in [3.63, 3.8) is 0 Å². The van der Waals surface area contributed by atoms with Gasteiger partial charge in [-0.05, 0) is 31.5 Å². The molecule has 0 spiro atoms. The molecule has 0 aromatic heterocycles. The van der Waals surface area contributed by atoms with Crippen molar-refractivity contribution in [2.45, 2.75) is 46.6 Å². The lowest BCUT2D eigenvalue weighted by Crippen LogP contribution is -2.26. The van der Waals surface area contributed by atoms with Gasteiger partial charge in [-0.25, -0.2) is 0 Å². The Hall–Kier alpha value is -1.42. The first-order chi connectivity index (χ1) is 8.92. The van der Waals surface area contributed by atoms with E-state index >= 15 is 0 Å². The van der Waals surface area contributed by atoms with Crippen LogP contribution >= 0.6 is 0 Å². The highest BCUT2D eigenvalue weighted by atomic mass is 16.6. The van der Waals surface area contributed by atoms with Gasteiger partial charge in [0.15, 0.2) is 0 Å². The standard InChI is InChI=1S/C15H24N2O2/c1-6-16(7-2)12(5)13-8-9-14(11(3)4)15(10-13)17(18)19/h8-12H,6-7H2,1-5H3. The molecule has 0 amide bonds. The van der Waals surface area contributed by atoms with Crippen LogP contribution in [0.3, 0.4) is 0 Å². The molecule has 0 aliphatic heterocycles. The second-order valence-corrected chi connectivity index (χ2v) is 5.13. The number of hydrogen-bond acceptors (Lipinski definition) is 3. The quantitative estimate of drug-likeness (QED) is 0.573. The van der Waals surface area contributed by atoms with E-state index in [0.717, 1.165) is 24.2 Å². The largest absolute Gasteiger partial charge is 0.297 e. The molecule has 1 unspecified atom stereocenters. The van der Waals surface area contributed by atoms with E-state index in [1.165, 1.54) is 0 Å². The van der Waals surface area contributed by atoms with Crippen molar-refractivity contribution in [3.05, 3.63) is 39.4 Å². The van der Waals surface area contributed by atoms with Crippen molar-refractivity contribution in [3.8, 4) is 0 Å². The Bertz CT molecular complexity index is 440. The summed E-state index contributed by atoms with van der Waals surface area (Å²) in [4.78, 5) is 13.2. The van der Waals surface area contributed by atoms with E-state index in [-0.39, 0.29) is 22.6 Å². The van der Waals surface area contributed by atoms with Crippen LogP contribution in [0.15, 0.2) is 18.2 Å². The van der Waals surface area contributed by atoms with Gasteiger partial charge < -0.3 is 0 Å². The van der Waals surface area contributed by atoms with E-state index in [2.05, 4.69) is 25.7 Å². The highest BCUT2D eigenvalue weighted by Gasteiger charge is 2.20. The lowest BCUT2D eigenvalue weighted by Gasteiger charge is -2.26. The maximum Gasteiger partial charge on any atom is 0.273 e. The summed E-state index contributed by atoms with van der Waals surface area (Å²) in [5.74, 6) is 0.165. The molecule has 0 saturated heterocycles. The fourth-order valence-corrected chi connectivity index (χ4v) is 2.45. The fourth-order valence-electron chi connectivity index (χ4n) is 2.45. The zero-order valence-corrected chi connectivity index (χ0v) is 12.5. The SMILES string of the molecule is CCN(CC)C(C)c1ccc(C(C)C)c([N+](=O)[O-])c1. The van der Waals surface area contributed by atoms with Crippen molar-refractivity contribution in [2.24, 2.45) is 0 Å². The summed E-state index contributed by atoms with van der Waals surface area (Å²) < 4.78 is 0. The van der Waals surface area contributed by atoms with Gasteiger partial charge in [-0.15, -0.1) is 0 Å². The first-order valence-electron chi connectivity index (χ1n) is 6.94. The zero-order valence-electron chi connectivity index (χ0n) is 12.5. The van der Waals surface area contributed by atoms with Crippen molar-refractivity contribution >= 4 is 5.69 Å². The Morgan fingerprint density at radius 2 is 1.79 bits per heavy atom. The minimum Gasteiger partial charge on any atom is -0.297 e. The van der Waals surface area contributed by atoms with E-state index in [9.17, 15) is 10.1 Å². The predicted molar refractivity (Wildman–Crippen MR) is 78.5 cm³/mol. The van der Waals surface area contributed by atoms with Crippen LogP contribution in [0.1, 0.15) is 57.7 Å². The van der Waals surface area contributed by atoms with Crippen molar-refractivity contribution in [1.29, 1.82) is 0 Å². The Balaban J connectivity index is 3.18. The average Bonchev–Trinajstić information content (AvgIpc) is 2.39. The Kier molecular flexibility index (Phi) is 5.48. The molecule has 1 aromatic rings. The van der Waals surface area contributed by atoms with Gasteiger partial charge in [0, 0.05) is 17.7 Å². The van der Waals surface area contributed by atoms with Gasteiger partial charge >= 0.3 is 0 Å². The monoisotopic (exact) mass is 264 g/mol. The molecule has 0 bridgehead atoms. The normalized spacial score (nSPS) is 13.0. The topological polar surface area (TPSA) is 46.4 Å². The van der Waals surface area contributed by atoms with Gasteiger partial charge in [-0.3, -0.25) is 15.0 Å². The number of nitro groups is 1. The number of benzene rings is 1. The maximum atomic E-state index is 11.2. The summed E-state index contributed by atoms with van der Waals surface area (Å²) in [5.41, 5.74) is 2.06. The minimum absolute atomic E-state index is 0.165. The highest BCUT2D eigenvalue weighted by molar-refractivity contribution is 5.45. The predicted octanol–water partition coefficient (Wildman–Crippen LogP) is 4.12. The van der Waals surface area contributed by atoms with Crippen molar-refractivity contribution in [1.82, 2.24) is 4.90 Å². The third kappa shape index (κ3) is 3.53. The smallest absolute Gasteiger partial charge is 0.273 e. The van der Waals surface area contributed by atoms with E-state index in [1.54, 1.807) is 6.07 Å². The molecule has 1 aromatic carbocycles. The minimum atomic E-state index is -0.270. The van der Waals surface area contributed by atoms with E-state index in [1.807, 2.05) is 26.0 Å². The Morgan fingerprint density at radius 3 is 2.21 bits per heavy atom. The second-order valence-electron chi connectivity index (χ2n) is 5.13. The molecule has 19 heavy (non-hydrogen) atoms. The molecular weight excluding hydrogens is 240 g/mol. The van der Waals surface area contributed by atoms with Gasteiger partial charge in [-0.1, -0.05) is 39.8 Å². The van der Waals surface area contributed by atoms with Crippen LogP contribution in [-0.4, -0.2) is 22.9 Å². The molecule has 106 valence electrons. The molecule has 1 atom stereocenters. The molecule has 0 heterocycles. The van der Waals surface area contributed by atoms with Crippen LogP contribution in [0.25, 0.3) is 0 Å². The van der Waals surface area contributed by atoms with Crippen LogP contribution in [0.5, 0.6) is 0 Å². The van der Waals surface area contributed by atoms with Crippen molar-refractivity contribution < 1.29 is 4.92 Å². The van der Waals surface area contributed by atoms with Gasteiger partial charge in [-0.2, -0.15) is 0 Å². The number of nitrogens with zero attached hydrogens (tertiary/aromatic N) is 2. The molecule has 1 rings (SSSR count). The maximum absolute atomic E-state index is 11.2. The van der Waals surface area contributed by atoms with Gasteiger partial charge in [0.1, 0.15) is 0 Å². The fraction of sp³-hybridized carbons (Fsp3) is 0.600. The lowest BCUT2D eigenvalue weighted by molar-refractivity contribution is -0.385. The van der Waals surface area contributed by atoms with Gasteiger partial charge in [0.05, 0.1) is 4.92 Å². The van der Waals surface area contributed by atoms with Crippen LogP contribution in [0.2, 0.25) is 0 Å². The molecular formula is C15H24N2O2. The first-order valence-corrected chi connectivity index (χ1v) is 6.94. The highest BCUT2D eigenvalue weighted by Crippen LogP contribution is 2.30. The lowest BCUT2D eigenvalue weighted by atomic mass is 9.97. The molecule has 0 aliphatic carbocycles. The first kappa shape index (κ1) is 15.6. The molecule has 0 radical (unpaired) electrons. The van der Waals surface area contributed by atoms with Crippen molar-refractivity contribution in [2.75, 3.05) is 13.1 Å². The second kappa shape index (κ2) is 6.66. The van der Waals surface area contributed by atoms with E-state index in [0.29, 0.717) is 0 Å². The van der Waals surface area contributed by atoms with E-state index < -0.39 is 0 Å². The van der Waals surface area contributed by atoms with Crippen LogP contribution in [-0.2, 0) is 0 Å². The van der Waals surface area contributed by atoms with Crippen LogP contribution < -0.4 is 0 Å². The number of hydrogen-bond donors (Lipinski definition) is 0. The third-order valence-corrected chi connectivity index (χ3v) is 3.72. The summed E-state index contributed by atoms with van der Waals surface area (Å²) in [6, 6.07) is 5.86. The average molecular weight is 264 g/mol. The summed E-state index contributed by atoms with van der Waals surface area (Å²) in [5, 5.41) is 11.2. The molecule has 0 fully saturated rings. The molecule has 0 saturated carbocycles. The van der Waals surface area contributed by atoms with Crippen LogP contribution in [0.4, 0.5) is 5.69 Å². The summed E-state index contributed by atoms with van der Waals surface area (Å²) in [7, 11) is 0. The zero-order chi connectivity index (χ0) is 14.6. The Labute approximate surface area is 115 Å². The molecule has 4 heteroatoms. The molecule has 4 nitrogen and oxygen atoms in total. The number of rotatable bonds is 6. The summed E-state index contributed by atoms with van der Waals surface area (Å²) in [6.07, 6.45) is 0.